The molecule has 0 aliphatic carbocycles. The van der Waals surface area contributed by atoms with Crippen molar-refractivity contribution >= 4 is 16.6 Å². The topological polar surface area (TPSA) is 101 Å². The summed E-state index contributed by atoms with van der Waals surface area (Å²) in [4.78, 5) is 21.5. The maximum atomic E-state index is 13.7. The van der Waals surface area contributed by atoms with Gasteiger partial charge in [0.1, 0.15) is 11.8 Å². The molecule has 2 aromatic heterocycles. The molecule has 10 nitrogen and oxygen atoms in total. The number of ether oxygens (including phenoxy) is 2. The van der Waals surface area contributed by atoms with E-state index in [-0.39, 0.29) is 17.7 Å². The van der Waals surface area contributed by atoms with Gasteiger partial charge in [-0.3, -0.25) is 9.69 Å². The summed E-state index contributed by atoms with van der Waals surface area (Å²) in [5.74, 6) is 1.52. The summed E-state index contributed by atoms with van der Waals surface area (Å²) in [6.07, 6.45) is 2.11. The molecule has 2 atom stereocenters. The number of benzene rings is 2. The van der Waals surface area contributed by atoms with Gasteiger partial charge >= 0.3 is 0 Å². The van der Waals surface area contributed by atoms with Gasteiger partial charge in [0.05, 0.1) is 25.3 Å². The van der Waals surface area contributed by atoms with Crippen molar-refractivity contribution in [2.24, 2.45) is 0 Å². The number of hydrogen-bond acceptors (Lipinski definition) is 8. The van der Waals surface area contributed by atoms with E-state index in [1.165, 1.54) is 0 Å². The lowest BCUT2D eigenvalue weighted by molar-refractivity contribution is 0.0906. The van der Waals surface area contributed by atoms with Crippen molar-refractivity contribution in [3.05, 3.63) is 75.3 Å². The lowest BCUT2D eigenvalue weighted by Gasteiger charge is -2.39. The Hall–Kier alpha value is -3.76. The summed E-state index contributed by atoms with van der Waals surface area (Å²) in [6.45, 7) is 8.60. The normalized spacial score (nSPS) is 19.1. The molecule has 4 heterocycles. The van der Waals surface area contributed by atoms with Crippen LogP contribution in [0.1, 0.15) is 41.4 Å². The lowest BCUT2D eigenvalue weighted by Crippen LogP contribution is -2.49. The molecule has 204 valence electrons. The van der Waals surface area contributed by atoms with Crippen LogP contribution in [0.5, 0.6) is 5.75 Å². The number of rotatable bonds is 7. The molecule has 0 amide bonds. The van der Waals surface area contributed by atoms with Crippen molar-refractivity contribution < 1.29 is 9.47 Å². The number of aromatic nitrogens is 5. The fourth-order valence-corrected chi connectivity index (χ4v) is 5.84. The van der Waals surface area contributed by atoms with Gasteiger partial charge in [0, 0.05) is 49.4 Å². The Balaban J connectivity index is 1.36. The third kappa shape index (κ3) is 5.02. The highest BCUT2D eigenvalue weighted by Gasteiger charge is 2.33. The fraction of sp³-hybridized carbons (Fsp3) is 0.448. The summed E-state index contributed by atoms with van der Waals surface area (Å²) in [5, 5.41) is 13.9. The number of aromatic amines is 1. The monoisotopic (exact) mass is 529 g/mol. The molecule has 0 spiro atoms. The van der Waals surface area contributed by atoms with Crippen LogP contribution >= 0.6 is 0 Å². The van der Waals surface area contributed by atoms with Gasteiger partial charge in [-0.05, 0) is 78.6 Å². The van der Waals surface area contributed by atoms with E-state index in [2.05, 4.69) is 55.4 Å². The molecule has 1 N–H and O–H groups in total. The van der Waals surface area contributed by atoms with E-state index >= 15 is 0 Å². The average molecular weight is 530 g/mol. The maximum absolute atomic E-state index is 13.7. The van der Waals surface area contributed by atoms with E-state index in [9.17, 15) is 4.79 Å². The zero-order valence-electron chi connectivity index (χ0n) is 22.8. The molecule has 4 aromatic rings. The molecule has 2 saturated heterocycles. The van der Waals surface area contributed by atoms with Crippen LogP contribution in [-0.4, -0.2) is 76.1 Å². The number of nitrogens with one attached hydrogen (secondary N) is 1. The Labute approximate surface area is 227 Å². The number of aryl methyl sites for hydroxylation is 2. The highest BCUT2D eigenvalue weighted by Crippen LogP contribution is 2.31. The van der Waals surface area contributed by atoms with Crippen molar-refractivity contribution in [2.45, 2.75) is 45.4 Å². The molecule has 6 rings (SSSR count). The molecule has 39 heavy (non-hydrogen) atoms. The van der Waals surface area contributed by atoms with Crippen LogP contribution < -0.4 is 15.2 Å². The highest BCUT2D eigenvalue weighted by molar-refractivity contribution is 5.85. The zero-order valence-corrected chi connectivity index (χ0v) is 22.8. The zero-order chi connectivity index (χ0) is 26.9. The number of methoxy groups -OCH3 is 1. The largest absolute Gasteiger partial charge is 0.497 e. The van der Waals surface area contributed by atoms with Crippen LogP contribution in [0.15, 0.2) is 47.3 Å². The number of fused-ring (bicyclic) bond motifs is 1. The predicted octanol–water partition coefficient (Wildman–Crippen LogP) is 3.23. The smallest absolute Gasteiger partial charge is 0.253 e. The number of piperazine rings is 1. The van der Waals surface area contributed by atoms with Crippen LogP contribution in [0.4, 0.5) is 5.69 Å². The second-order valence-electron chi connectivity index (χ2n) is 10.5. The van der Waals surface area contributed by atoms with Gasteiger partial charge in [0.15, 0.2) is 5.82 Å². The molecule has 2 fully saturated rings. The SMILES string of the molecule is COc1ccc(N2CCN([C@@H](c3cc4c(C)ccc(C)c4[nH]c3=O)c3nnnn3C[C@@H]3CCCO3)CC2)cc1. The van der Waals surface area contributed by atoms with E-state index in [0.717, 1.165) is 79.1 Å². The van der Waals surface area contributed by atoms with Gasteiger partial charge in [-0.1, -0.05) is 12.1 Å². The molecule has 0 bridgehead atoms. The van der Waals surface area contributed by atoms with E-state index in [4.69, 9.17) is 9.47 Å². The Morgan fingerprint density at radius 2 is 1.85 bits per heavy atom. The Morgan fingerprint density at radius 1 is 1.08 bits per heavy atom. The fourth-order valence-electron chi connectivity index (χ4n) is 5.84. The van der Waals surface area contributed by atoms with E-state index in [1.54, 1.807) is 7.11 Å². The first-order valence-electron chi connectivity index (χ1n) is 13.7. The van der Waals surface area contributed by atoms with Gasteiger partial charge in [0.2, 0.25) is 0 Å². The minimum absolute atomic E-state index is 0.0830. The molecule has 2 aliphatic heterocycles. The third-order valence-corrected chi connectivity index (χ3v) is 8.09. The molecule has 2 aromatic carbocycles. The van der Waals surface area contributed by atoms with Crippen LogP contribution in [0.2, 0.25) is 0 Å². The number of tetrazole rings is 1. The molecule has 0 saturated carbocycles. The molecule has 2 aliphatic rings. The van der Waals surface area contributed by atoms with Gasteiger partial charge in [-0.25, -0.2) is 4.68 Å². The predicted molar refractivity (Wildman–Crippen MR) is 149 cm³/mol. The summed E-state index contributed by atoms with van der Waals surface area (Å²) >= 11 is 0. The van der Waals surface area contributed by atoms with Crippen molar-refractivity contribution in [2.75, 3.05) is 44.8 Å². The minimum Gasteiger partial charge on any atom is -0.497 e. The summed E-state index contributed by atoms with van der Waals surface area (Å²) < 4.78 is 13.0. The van der Waals surface area contributed by atoms with Crippen LogP contribution in [0.3, 0.4) is 0 Å². The van der Waals surface area contributed by atoms with Gasteiger partial charge in [0.25, 0.3) is 5.56 Å². The molecular formula is C29H35N7O3. The van der Waals surface area contributed by atoms with E-state index < -0.39 is 0 Å². The Kier molecular flexibility index (Phi) is 7.05. The number of hydrogen-bond donors (Lipinski definition) is 1. The maximum Gasteiger partial charge on any atom is 0.253 e. The van der Waals surface area contributed by atoms with E-state index in [1.807, 2.05) is 35.9 Å². The van der Waals surface area contributed by atoms with Crippen molar-refractivity contribution in [3.8, 4) is 5.75 Å². The van der Waals surface area contributed by atoms with Gasteiger partial charge in [-0.15, -0.1) is 5.10 Å². The second-order valence-corrected chi connectivity index (χ2v) is 10.5. The Bertz CT molecular complexity index is 1500. The summed E-state index contributed by atoms with van der Waals surface area (Å²) in [7, 11) is 1.68. The minimum atomic E-state index is -0.382. The van der Waals surface area contributed by atoms with Crippen LogP contribution in [-0.2, 0) is 11.3 Å². The third-order valence-electron chi connectivity index (χ3n) is 8.09. The summed E-state index contributed by atoms with van der Waals surface area (Å²) in [6, 6.07) is 14.0. The lowest BCUT2D eigenvalue weighted by atomic mass is 9.99. The number of nitrogens with zero attached hydrogens (tertiary/aromatic N) is 6. The number of H-pyrrole nitrogens is 1. The Morgan fingerprint density at radius 3 is 2.56 bits per heavy atom. The molecule has 0 unspecified atom stereocenters. The van der Waals surface area contributed by atoms with Crippen molar-refractivity contribution in [1.82, 2.24) is 30.1 Å². The van der Waals surface area contributed by atoms with Crippen LogP contribution in [0.25, 0.3) is 10.9 Å². The number of pyridine rings is 1. The first kappa shape index (κ1) is 25.5. The van der Waals surface area contributed by atoms with Crippen LogP contribution in [0, 0.1) is 13.8 Å². The van der Waals surface area contributed by atoms with Gasteiger partial charge in [-0.2, -0.15) is 0 Å². The standard InChI is InChI=1S/C29H35N7O3/c1-19-6-7-20(2)26-24(19)17-25(29(37)30-26)27(28-31-32-33-36(28)18-23-5-4-16-39-23)35-14-12-34(13-15-35)21-8-10-22(38-3)11-9-21/h6-11,17,23,27H,4-5,12-16,18H2,1-3H3,(H,30,37)/t23-,27-/m0/s1. The number of anilines is 1. The first-order valence-corrected chi connectivity index (χ1v) is 13.7. The second kappa shape index (κ2) is 10.8. The average Bonchev–Trinajstić information content (AvgIpc) is 3.65. The van der Waals surface area contributed by atoms with E-state index in [0.29, 0.717) is 17.9 Å². The molecule has 10 heteroatoms. The highest BCUT2D eigenvalue weighted by atomic mass is 16.5. The molecule has 0 radical (unpaired) electrons. The van der Waals surface area contributed by atoms with Gasteiger partial charge < -0.3 is 19.4 Å². The molecular weight excluding hydrogens is 494 g/mol. The first-order chi connectivity index (χ1) is 19.0. The van der Waals surface area contributed by atoms with Crippen molar-refractivity contribution in [1.29, 1.82) is 0 Å². The summed E-state index contributed by atoms with van der Waals surface area (Å²) in [5.41, 5.74) is 4.76. The quantitative estimate of drug-likeness (QED) is 0.390. The van der Waals surface area contributed by atoms with Crippen molar-refractivity contribution in [3.63, 3.8) is 0 Å².